The molecule has 3 aliphatic rings. The predicted octanol–water partition coefficient (Wildman–Crippen LogP) is 4.90. The van der Waals surface area contributed by atoms with E-state index < -0.39 is 40.5 Å². The van der Waals surface area contributed by atoms with Crippen molar-refractivity contribution in [1.29, 1.82) is 0 Å². The predicted molar refractivity (Wildman–Crippen MR) is 149 cm³/mol. The van der Waals surface area contributed by atoms with Gasteiger partial charge in [0.15, 0.2) is 0 Å². The molecule has 236 valence electrons. The van der Waals surface area contributed by atoms with E-state index in [4.69, 9.17) is 4.74 Å². The number of hydrogen-bond acceptors (Lipinski definition) is 6. The Morgan fingerprint density at radius 1 is 0.977 bits per heavy atom. The van der Waals surface area contributed by atoms with E-state index in [2.05, 4.69) is 10.1 Å². The average Bonchev–Trinajstić information content (AvgIpc) is 3.77. The Hall–Kier alpha value is -2.97. The minimum atomic E-state index is -4.47. The number of alkyl halides is 5. The number of carbonyl (C=O) groups excluding carboxylic acids is 1. The molecule has 43 heavy (non-hydrogen) atoms. The molecular formula is C29H34F5N3O5S. The molecule has 1 N–H and O–H groups in total. The minimum Gasteiger partial charge on any atom is -0.489 e. The van der Waals surface area contributed by atoms with Crippen molar-refractivity contribution in [3.8, 4) is 5.75 Å². The highest BCUT2D eigenvalue weighted by Gasteiger charge is 2.41. The molecule has 8 nitrogen and oxygen atoms in total. The van der Waals surface area contributed by atoms with Crippen LogP contribution in [0.1, 0.15) is 48.0 Å². The molecule has 0 spiro atoms. The number of benzene rings is 2. The standard InChI is InChI=1S/C29H34F5N3O5S/c30-28(31)41-18-23-15-25(42-24-7-3-21(4-8-24)29(32,33)34)17-37(23)22-5-1-20(2-6-22)27(38)35-16-19-11-13-36(14-12-19)43(39,40)26-9-10-26/h1-8,19,23,25-26,28H,9-18H2,(H,35,38)/t23-,25-/m0/s1. The van der Waals surface area contributed by atoms with Crippen LogP contribution in [0.25, 0.3) is 0 Å². The first kappa shape index (κ1) is 31.5. The Kier molecular flexibility index (Phi) is 9.47. The van der Waals surface area contributed by atoms with Gasteiger partial charge < -0.3 is 19.7 Å². The number of rotatable bonds is 11. The van der Waals surface area contributed by atoms with Gasteiger partial charge in [-0.25, -0.2) is 12.7 Å². The Morgan fingerprint density at radius 2 is 1.63 bits per heavy atom. The molecule has 3 fully saturated rings. The maximum Gasteiger partial charge on any atom is 0.416 e. The Bertz CT molecular complexity index is 1350. The van der Waals surface area contributed by atoms with Gasteiger partial charge in [0.1, 0.15) is 11.9 Å². The van der Waals surface area contributed by atoms with Crippen molar-refractivity contribution in [2.75, 3.05) is 37.7 Å². The SMILES string of the molecule is O=C(NCC1CCN(S(=O)(=O)C2CC2)CC1)c1ccc(N2C[C@@H](Oc3ccc(C(F)(F)F)cc3)C[C@H]2COC(F)F)cc1. The molecule has 1 saturated carbocycles. The summed E-state index contributed by atoms with van der Waals surface area (Å²) in [7, 11) is -3.18. The molecule has 1 amide bonds. The van der Waals surface area contributed by atoms with E-state index in [9.17, 15) is 35.2 Å². The Balaban J connectivity index is 1.15. The average molecular weight is 632 g/mol. The Morgan fingerprint density at radius 3 is 2.21 bits per heavy atom. The fourth-order valence-electron chi connectivity index (χ4n) is 5.62. The molecule has 0 aromatic heterocycles. The molecule has 2 saturated heterocycles. The lowest BCUT2D eigenvalue weighted by molar-refractivity contribution is -0.137. The number of piperidine rings is 1. The Labute approximate surface area is 247 Å². The lowest BCUT2D eigenvalue weighted by atomic mass is 9.98. The van der Waals surface area contributed by atoms with Crippen LogP contribution in [-0.4, -0.2) is 75.4 Å². The number of nitrogens with zero attached hydrogens (tertiary/aromatic N) is 2. The highest BCUT2D eigenvalue weighted by molar-refractivity contribution is 7.90. The summed E-state index contributed by atoms with van der Waals surface area (Å²) in [4.78, 5) is 14.6. The molecule has 0 bridgehead atoms. The summed E-state index contributed by atoms with van der Waals surface area (Å²) in [6.07, 6.45) is -1.84. The van der Waals surface area contributed by atoms with Crippen LogP contribution in [0.3, 0.4) is 0 Å². The third kappa shape index (κ3) is 7.95. The van der Waals surface area contributed by atoms with Crippen molar-refractivity contribution in [1.82, 2.24) is 9.62 Å². The van der Waals surface area contributed by atoms with Crippen molar-refractivity contribution in [3.63, 3.8) is 0 Å². The molecule has 0 unspecified atom stereocenters. The lowest BCUT2D eigenvalue weighted by Gasteiger charge is -2.31. The molecule has 2 aromatic rings. The summed E-state index contributed by atoms with van der Waals surface area (Å²) in [5.41, 5.74) is 0.266. The molecule has 2 atom stereocenters. The second kappa shape index (κ2) is 12.9. The van der Waals surface area contributed by atoms with Crippen molar-refractivity contribution in [3.05, 3.63) is 59.7 Å². The molecule has 2 heterocycles. The molecule has 2 aliphatic heterocycles. The van der Waals surface area contributed by atoms with Crippen LogP contribution >= 0.6 is 0 Å². The second-order valence-electron chi connectivity index (χ2n) is 11.2. The van der Waals surface area contributed by atoms with Crippen LogP contribution in [0.5, 0.6) is 5.75 Å². The van der Waals surface area contributed by atoms with E-state index >= 15 is 0 Å². The number of nitrogens with one attached hydrogen (secondary N) is 1. The van der Waals surface area contributed by atoms with Gasteiger partial charge in [-0.2, -0.15) is 22.0 Å². The van der Waals surface area contributed by atoms with Gasteiger partial charge in [0.2, 0.25) is 10.0 Å². The van der Waals surface area contributed by atoms with Gasteiger partial charge in [-0.3, -0.25) is 4.79 Å². The highest BCUT2D eigenvalue weighted by atomic mass is 32.2. The van der Waals surface area contributed by atoms with Gasteiger partial charge in [0, 0.05) is 37.3 Å². The summed E-state index contributed by atoms with van der Waals surface area (Å²) in [5, 5.41) is 2.70. The fraction of sp³-hybridized carbons (Fsp3) is 0.552. The third-order valence-corrected chi connectivity index (χ3v) is 10.6. The van der Waals surface area contributed by atoms with Crippen LogP contribution in [0.2, 0.25) is 0 Å². The second-order valence-corrected chi connectivity index (χ2v) is 13.5. The minimum absolute atomic E-state index is 0.177. The van der Waals surface area contributed by atoms with E-state index in [-0.39, 0.29) is 36.0 Å². The smallest absolute Gasteiger partial charge is 0.416 e. The zero-order valence-corrected chi connectivity index (χ0v) is 24.1. The highest BCUT2D eigenvalue weighted by Crippen LogP contribution is 2.34. The molecule has 0 radical (unpaired) electrons. The van der Waals surface area contributed by atoms with E-state index in [0.717, 1.165) is 25.0 Å². The van der Waals surface area contributed by atoms with Gasteiger partial charge >= 0.3 is 12.8 Å². The maximum atomic E-state index is 12.9. The molecular weight excluding hydrogens is 597 g/mol. The topological polar surface area (TPSA) is 88.2 Å². The van der Waals surface area contributed by atoms with Crippen LogP contribution in [0.4, 0.5) is 27.6 Å². The monoisotopic (exact) mass is 631 g/mol. The van der Waals surface area contributed by atoms with Crippen LogP contribution in [-0.2, 0) is 20.9 Å². The lowest BCUT2D eigenvalue weighted by Crippen LogP contribution is -2.42. The number of hydrogen-bond donors (Lipinski definition) is 1. The quantitative estimate of drug-likeness (QED) is 0.355. The van der Waals surface area contributed by atoms with E-state index in [1.54, 1.807) is 28.6 Å². The third-order valence-electron chi connectivity index (χ3n) is 8.17. The van der Waals surface area contributed by atoms with Crippen LogP contribution < -0.4 is 15.0 Å². The van der Waals surface area contributed by atoms with Crippen molar-refractivity contribution in [2.24, 2.45) is 5.92 Å². The number of amides is 1. The zero-order chi connectivity index (χ0) is 30.8. The fourth-order valence-corrected chi connectivity index (χ4v) is 7.49. The van der Waals surface area contributed by atoms with Crippen LogP contribution in [0.15, 0.2) is 48.5 Å². The number of halogens is 5. The van der Waals surface area contributed by atoms with Crippen molar-refractivity contribution < 1.29 is 44.6 Å². The summed E-state index contributed by atoms with van der Waals surface area (Å²) >= 11 is 0. The first-order valence-corrected chi connectivity index (χ1v) is 15.8. The van der Waals surface area contributed by atoms with E-state index in [0.29, 0.717) is 50.1 Å². The number of carbonyl (C=O) groups is 1. The van der Waals surface area contributed by atoms with Gasteiger partial charge in [-0.1, -0.05) is 0 Å². The van der Waals surface area contributed by atoms with E-state index in [1.165, 1.54) is 12.1 Å². The largest absolute Gasteiger partial charge is 0.489 e. The first-order valence-electron chi connectivity index (χ1n) is 14.3. The molecule has 14 heteroatoms. The summed E-state index contributed by atoms with van der Waals surface area (Å²) in [6.45, 7) is -1.61. The molecule has 5 rings (SSSR count). The van der Waals surface area contributed by atoms with Crippen LogP contribution in [0, 0.1) is 5.92 Å². The number of ether oxygens (including phenoxy) is 2. The number of sulfonamides is 1. The molecule has 2 aromatic carbocycles. The summed E-state index contributed by atoms with van der Waals surface area (Å²) in [6, 6.07) is 10.5. The van der Waals surface area contributed by atoms with Gasteiger partial charge in [0.05, 0.1) is 30.0 Å². The van der Waals surface area contributed by atoms with Gasteiger partial charge in [-0.05, 0) is 80.1 Å². The molecule has 1 aliphatic carbocycles. The van der Waals surface area contributed by atoms with Gasteiger partial charge in [-0.15, -0.1) is 0 Å². The summed E-state index contributed by atoms with van der Waals surface area (Å²) < 4.78 is 101. The number of anilines is 1. The van der Waals surface area contributed by atoms with E-state index in [1.807, 2.05) is 4.90 Å². The van der Waals surface area contributed by atoms with Crippen molar-refractivity contribution >= 4 is 21.6 Å². The zero-order valence-electron chi connectivity index (χ0n) is 23.3. The van der Waals surface area contributed by atoms with Gasteiger partial charge in [0.25, 0.3) is 5.91 Å². The van der Waals surface area contributed by atoms with Crippen molar-refractivity contribution in [2.45, 2.75) is 62.3 Å². The normalized spacial score (nSPS) is 22.2. The first-order chi connectivity index (χ1) is 20.4. The summed E-state index contributed by atoms with van der Waals surface area (Å²) in [5.74, 6) is 0.133. The maximum absolute atomic E-state index is 12.9.